The molecular formula is C24H34O2. The van der Waals surface area contributed by atoms with Gasteiger partial charge in [0, 0.05) is 11.1 Å². The van der Waals surface area contributed by atoms with E-state index in [0.29, 0.717) is 23.3 Å². The lowest BCUT2D eigenvalue weighted by Gasteiger charge is -2.25. The van der Waals surface area contributed by atoms with Gasteiger partial charge in [0.15, 0.2) is 0 Å². The molecule has 0 aliphatic heterocycles. The highest BCUT2D eigenvalue weighted by atomic mass is 16.3. The molecule has 0 spiro atoms. The van der Waals surface area contributed by atoms with Crippen LogP contribution >= 0.6 is 0 Å². The Morgan fingerprint density at radius 1 is 0.615 bits per heavy atom. The Kier molecular flexibility index (Phi) is 6.05. The fraction of sp³-hybridized carbons (Fsp3) is 0.500. The zero-order valence-corrected chi connectivity index (χ0v) is 17.5. The van der Waals surface area contributed by atoms with Gasteiger partial charge in [-0.05, 0) is 58.1 Å². The normalized spacial score (nSPS) is 12.0. The number of benzene rings is 2. The average Bonchev–Trinajstić information content (AvgIpc) is 2.53. The molecule has 26 heavy (non-hydrogen) atoms. The van der Waals surface area contributed by atoms with Gasteiger partial charge in [0.05, 0.1) is 0 Å². The molecule has 2 heteroatoms. The van der Waals surface area contributed by atoms with Gasteiger partial charge >= 0.3 is 0 Å². The van der Waals surface area contributed by atoms with Crippen LogP contribution in [0.1, 0.15) is 101 Å². The van der Waals surface area contributed by atoms with Crippen molar-refractivity contribution >= 4 is 0 Å². The molecule has 0 aliphatic rings. The van der Waals surface area contributed by atoms with Crippen molar-refractivity contribution in [2.24, 2.45) is 0 Å². The van der Waals surface area contributed by atoms with Crippen molar-refractivity contribution in [3.05, 3.63) is 46.5 Å². The molecule has 0 bridgehead atoms. The molecule has 0 aromatic heterocycles. The number of rotatable bonds is 5. The maximum absolute atomic E-state index is 10.9. The van der Waals surface area contributed by atoms with Crippen molar-refractivity contribution in [2.45, 2.75) is 79.1 Å². The Morgan fingerprint density at radius 3 is 1.46 bits per heavy atom. The third-order valence-corrected chi connectivity index (χ3v) is 5.15. The summed E-state index contributed by atoms with van der Waals surface area (Å²) in [5.74, 6) is 1.69. The minimum Gasteiger partial charge on any atom is -0.508 e. The molecule has 2 aromatic rings. The van der Waals surface area contributed by atoms with E-state index < -0.39 is 0 Å². The van der Waals surface area contributed by atoms with Gasteiger partial charge in [0.1, 0.15) is 11.5 Å². The first-order valence-corrected chi connectivity index (χ1v) is 9.79. The van der Waals surface area contributed by atoms with E-state index in [1.54, 1.807) is 6.07 Å². The van der Waals surface area contributed by atoms with Gasteiger partial charge in [-0.1, -0.05) is 67.5 Å². The number of aromatic hydroxyl groups is 2. The standard InChI is InChI=1S/C24H34O2/c1-13(2)19-11-17(12-20(14(3)4)22(19)15(5)6)18-9-10-21(25)23(16(7)8)24(18)26/h9-16,25-26H,1-8H3. The first-order valence-electron chi connectivity index (χ1n) is 9.79. The van der Waals surface area contributed by atoms with Crippen LogP contribution in [0.2, 0.25) is 0 Å². The van der Waals surface area contributed by atoms with E-state index in [-0.39, 0.29) is 17.4 Å². The predicted octanol–water partition coefficient (Wildman–Crippen LogP) is 7.26. The van der Waals surface area contributed by atoms with Crippen LogP contribution < -0.4 is 0 Å². The number of phenols is 2. The van der Waals surface area contributed by atoms with Crippen molar-refractivity contribution in [1.29, 1.82) is 0 Å². The maximum Gasteiger partial charge on any atom is 0.130 e. The highest BCUT2D eigenvalue weighted by molar-refractivity contribution is 5.76. The first-order chi connectivity index (χ1) is 12.1. The summed E-state index contributed by atoms with van der Waals surface area (Å²) in [5, 5.41) is 21.0. The van der Waals surface area contributed by atoms with Crippen molar-refractivity contribution < 1.29 is 10.2 Å². The molecule has 0 aliphatic carbocycles. The molecule has 0 atom stereocenters. The molecule has 2 N–H and O–H groups in total. The lowest BCUT2D eigenvalue weighted by molar-refractivity contribution is 0.434. The van der Waals surface area contributed by atoms with E-state index >= 15 is 0 Å². The van der Waals surface area contributed by atoms with Gasteiger partial charge in [-0.15, -0.1) is 0 Å². The van der Waals surface area contributed by atoms with Gasteiger partial charge < -0.3 is 10.2 Å². The number of hydrogen-bond donors (Lipinski definition) is 2. The van der Waals surface area contributed by atoms with Crippen LogP contribution in [0.15, 0.2) is 24.3 Å². The van der Waals surface area contributed by atoms with Crippen molar-refractivity contribution in [3.63, 3.8) is 0 Å². The van der Waals surface area contributed by atoms with E-state index in [0.717, 1.165) is 11.1 Å². The van der Waals surface area contributed by atoms with Crippen LogP contribution in [0.25, 0.3) is 11.1 Å². The molecule has 0 unspecified atom stereocenters. The summed E-state index contributed by atoms with van der Waals surface area (Å²) in [6, 6.07) is 7.98. The van der Waals surface area contributed by atoms with Crippen molar-refractivity contribution in [2.75, 3.05) is 0 Å². The van der Waals surface area contributed by atoms with Crippen LogP contribution in [0.5, 0.6) is 11.5 Å². The van der Waals surface area contributed by atoms with Gasteiger partial charge in [0.2, 0.25) is 0 Å². The van der Waals surface area contributed by atoms with Gasteiger partial charge in [0.25, 0.3) is 0 Å². The monoisotopic (exact) mass is 354 g/mol. The van der Waals surface area contributed by atoms with Crippen LogP contribution in [0.3, 0.4) is 0 Å². The van der Waals surface area contributed by atoms with Gasteiger partial charge in [-0.25, -0.2) is 0 Å². The zero-order chi connectivity index (χ0) is 19.8. The molecule has 2 aromatic carbocycles. The smallest absolute Gasteiger partial charge is 0.130 e. The summed E-state index contributed by atoms with van der Waals surface area (Å²) in [7, 11) is 0. The Bertz CT molecular complexity index is 754. The third-order valence-electron chi connectivity index (χ3n) is 5.15. The molecular weight excluding hydrogens is 320 g/mol. The van der Waals surface area contributed by atoms with Crippen LogP contribution in [-0.2, 0) is 0 Å². The highest BCUT2D eigenvalue weighted by Crippen LogP contribution is 2.44. The van der Waals surface area contributed by atoms with Crippen LogP contribution in [-0.4, -0.2) is 10.2 Å². The number of hydrogen-bond acceptors (Lipinski definition) is 2. The fourth-order valence-corrected chi connectivity index (χ4v) is 3.88. The van der Waals surface area contributed by atoms with Crippen LogP contribution in [0.4, 0.5) is 0 Å². The Balaban J connectivity index is 2.82. The molecule has 2 nitrogen and oxygen atoms in total. The van der Waals surface area contributed by atoms with Crippen molar-refractivity contribution in [3.8, 4) is 22.6 Å². The van der Waals surface area contributed by atoms with E-state index in [4.69, 9.17) is 0 Å². The summed E-state index contributed by atoms with van der Waals surface area (Å²) >= 11 is 0. The largest absolute Gasteiger partial charge is 0.508 e. The third kappa shape index (κ3) is 3.75. The van der Waals surface area contributed by atoms with Crippen molar-refractivity contribution in [1.82, 2.24) is 0 Å². The lowest BCUT2D eigenvalue weighted by Crippen LogP contribution is -2.06. The second kappa shape index (κ2) is 7.73. The van der Waals surface area contributed by atoms with Gasteiger partial charge in [-0.2, -0.15) is 0 Å². The Labute approximate surface area is 158 Å². The Hall–Kier alpha value is -1.96. The molecule has 142 valence electrons. The summed E-state index contributed by atoms with van der Waals surface area (Å²) in [4.78, 5) is 0. The molecule has 0 heterocycles. The number of phenolic OH excluding ortho intramolecular Hbond substituents is 2. The first kappa shape index (κ1) is 20.4. The minimum atomic E-state index is 0.0547. The molecule has 0 radical (unpaired) electrons. The second-order valence-electron chi connectivity index (χ2n) is 8.58. The average molecular weight is 355 g/mol. The fourth-order valence-electron chi connectivity index (χ4n) is 3.88. The maximum atomic E-state index is 10.9. The SMILES string of the molecule is CC(C)c1cc(-c2ccc(O)c(C(C)C)c2O)cc(C(C)C)c1C(C)C. The summed E-state index contributed by atoms with van der Waals surface area (Å²) < 4.78 is 0. The quantitative estimate of drug-likeness (QED) is 0.593. The van der Waals surface area contributed by atoms with E-state index in [1.807, 2.05) is 19.9 Å². The minimum absolute atomic E-state index is 0.0547. The van der Waals surface area contributed by atoms with E-state index in [1.165, 1.54) is 16.7 Å². The molecule has 0 saturated carbocycles. The molecule has 0 amide bonds. The van der Waals surface area contributed by atoms with E-state index in [9.17, 15) is 10.2 Å². The molecule has 0 fully saturated rings. The lowest BCUT2D eigenvalue weighted by atomic mass is 9.80. The summed E-state index contributed by atoms with van der Waals surface area (Å²) in [6.07, 6.45) is 0. The molecule has 2 rings (SSSR count). The molecule has 0 saturated heterocycles. The Morgan fingerprint density at radius 2 is 1.08 bits per heavy atom. The second-order valence-corrected chi connectivity index (χ2v) is 8.58. The van der Waals surface area contributed by atoms with Crippen LogP contribution in [0, 0.1) is 0 Å². The van der Waals surface area contributed by atoms with Gasteiger partial charge in [-0.3, -0.25) is 0 Å². The predicted molar refractivity (Wildman–Crippen MR) is 112 cm³/mol. The highest BCUT2D eigenvalue weighted by Gasteiger charge is 2.21. The topological polar surface area (TPSA) is 40.5 Å². The van der Waals surface area contributed by atoms with E-state index in [2.05, 4.69) is 53.7 Å². The summed E-state index contributed by atoms with van der Waals surface area (Å²) in [6.45, 7) is 17.4. The zero-order valence-electron chi connectivity index (χ0n) is 17.5. The summed E-state index contributed by atoms with van der Waals surface area (Å²) in [5.41, 5.74) is 6.57.